The molecule has 2 aliphatic rings. The van der Waals surface area contributed by atoms with E-state index in [2.05, 4.69) is 191 Å². The fourth-order valence-corrected chi connectivity index (χ4v) is 7.23. The van der Waals surface area contributed by atoms with Crippen molar-refractivity contribution < 1.29 is 49.8 Å². The first-order chi connectivity index (χ1) is 26.7. The SMILES string of the molecule is C=C(C)C=C(C)C.CC(C)C.CC(C)CC(C)C.CC(C)CCCCC(C)C.CC1=CC(C)(C)CC(C)=C1.CCC(C)C.C[C@H]1C[C@H](C)CC(C)(C)C1.[CH3-].[CH3-].[CH3-].[CH3-].[CH3-].[CH3-].[Cl][Ru+2][Cl].[Cl][Ru+2][Cl].[Ru+2]. The number of hydrogen-bond donors (Lipinski definition) is 0. The molecule has 0 aromatic heterocycles. The molecule has 7 heteroatoms. The van der Waals surface area contributed by atoms with Gasteiger partial charge in [0, 0.05) is 0 Å². The Kier molecular flexibility index (Phi) is 110. The molecule has 1 saturated carbocycles. The normalized spacial score (nSPS) is 15.1. The van der Waals surface area contributed by atoms with Crippen LogP contribution in [0, 0.1) is 103 Å². The Balaban J connectivity index is -0.0000000389. The second-order valence-electron chi connectivity index (χ2n) is 21.9. The van der Waals surface area contributed by atoms with Gasteiger partial charge in [-0.05, 0) is 125 Å². The van der Waals surface area contributed by atoms with Crippen molar-refractivity contribution in [2.24, 2.45) is 58.2 Å². The maximum Gasteiger partial charge on any atom is 2.00 e. The molecule has 0 unspecified atom stereocenters. The van der Waals surface area contributed by atoms with Crippen molar-refractivity contribution in [2.45, 2.75) is 237 Å². The smallest absolute Gasteiger partial charge is 2.00 e. The van der Waals surface area contributed by atoms with Crippen molar-refractivity contribution in [3.05, 3.63) is 91.7 Å². The summed E-state index contributed by atoms with van der Waals surface area (Å²) in [6, 6.07) is 0. The van der Waals surface area contributed by atoms with Gasteiger partial charge in [0.05, 0.1) is 0 Å². The Labute approximate surface area is 471 Å². The molecule has 66 heavy (non-hydrogen) atoms. The molecule has 0 amide bonds. The van der Waals surface area contributed by atoms with E-state index >= 15 is 0 Å². The van der Waals surface area contributed by atoms with Gasteiger partial charge in [0.1, 0.15) is 0 Å². The molecule has 0 bridgehead atoms. The number of hydrogen-bond acceptors (Lipinski definition) is 0. The van der Waals surface area contributed by atoms with E-state index in [9.17, 15) is 0 Å². The van der Waals surface area contributed by atoms with Gasteiger partial charge in [0.2, 0.25) is 0 Å². The van der Waals surface area contributed by atoms with Gasteiger partial charge in [-0.2, -0.15) is 0 Å². The van der Waals surface area contributed by atoms with E-state index in [4.69, 9.17) is 38.8 Å². The summed E-state index contributed by atoms with van der Waals surface area (Å²) in [7, 11) is 19.4. The van der Waals surface area contributed by atoms with E-state index in [1.54, 1.807) is 0 Å². The largest absolute Gasteiger partial charge is 2.00 e. The van der Waals surface area contributed by atoms with Crippen LogP contribution in [0.15, 0.2) is 47.1 Å². The Bertz CT molecular complexity index is 941. The molecule has 414 valence electrons. The van der Waals surface area contributed by atoms with Crippen LogP contribution in [0.1, 0.15) is 237 Å². The summed E-state index contributed by atoms with van der Waals surface area (Å²) >= 11 is -0.691. The minimum absolute atomic E-state index is 0. The Morgan fingerprint density at radius 3 is 1.08 bits per heavy atom. The second kappa shape index (κ2) is 69.1. The molecule has 0 aromatic carbocycles. The van der Waals surface area contributed by atoms with Crippen LogP contribution in [0.2, 0.25) is 0 Å². The molecule has 2 atom stereocenters. The van der Waals surface area contributed by atoms with Crippen molar-refractivity contribution in [3.8, 4) is 0 Å². The van der Waals surface area contributed by atoms with Gasteiger partial charge in [-0.25, -0.2) is 0 Å². The topological polar surface area (TPSA) is 0 Å². The summed E-state index contributed by atoms with van der Waals surface area (Å²) in [5.41, 5.74) is 6.37. The van der Waals surface area contributed by atoms with Gasteiger partial charge in [-0.3, -0.25) is 0 Å². The maximum atomic E-state index is 4.85. The minimum atomic E-state index is -0.346. The fourth-order valence-electron chi connectivity index (χ4n) is 7.23. The molecule has 0 nitrogen and oxygen atoms in total. The van der Waals surface area contributed by atoms with Crippen molar-refractivity contribution in [1.29, 1.82) is 0 Å². The van der Waals surface area contributed by atoms with E-state index in [0.717, 1.165) is 52.9 Å². The quantitative estimate of drug-likeness (QED) is 0.0934. The summed E-state index contributed by atoms with van der Waals surface area (Å²) in [6.07, 6.45) is 20.5. The zero-order valence-corrected chi connectivity index (χ0v) is 58.9. The zero-order valence-electron chi connectivity index (χ0n) is 50.7. The number of halogens is 4. The zero-order chi connectivity index (χ0) is 48.5. The average molecular weight is 1280 g/mol. The Morgan fingerprint density at radius 2 is 0.939 bits per heavy atom. The molecular weight excluding hydrogens is 1150 g/mol. The molecule has 2 rings (SSSR count). The molecular formula is C59H126Cl4Ru3. The average Bonchev–Trinajstić information content (AvgIpc) is 2.97. The van der Waals surface area contributed by atoms with Gasteiger partial charge in [-0.1, -0.05) is 218 Å². The number of unbranched alkanes of at least 4 members (excludes halogenated alkanes) is 1. The van der Waals surface area contributed by atoms with Crippen LogP contribution in [0.5, 0.6) is 0 Å². The molecule has 0 spiro atoms. The number of rotatable bonds is 9. The first-order valence-corrected chi connectivity index (χ1v) is 32.0. The van der Waals surface area contributed by atoms with Gasteiger partial charge < -0.3 is 44.6 Å². The van der Waals surface area contributed by atoms with Gasteiger partial charge >= 0.3 is 88.5 Å². The molecule has 0 saturated heterocycles. The molecule has 0 heterocycles. The maximum absolute atomic E-state index is 4.85. The van der Waals surface area contributed by atoms with Gasteiger partial charge in [-0.15, -0.1) is 0 Å². The molecule has 0 aromatic rings. The van der Waals surface area contributed by atoms with Crippen LogP contribution >= 0.6 is 38.8 Å². The number of allylic oxidation sites excluding steroid dienone is 7. The van der Waals surface area contributed by atoms with Crippen LogP contribution in [0.3, 0.4) is 0 Å². The van der Waals surface area contributed by atoms with Crippen molar-refractivity contribution in [3.63, 3.8) is 0 Å². The van der Waals surface area contributed by atoms with Gasteiger partial charge in [0.15, 0.2) is 0 Å². The molecule has 2 aliphatic carbocycles. The summed E-state index contributed by atoms with van der Waals surface area (Å²) < 4.78 is 0. The van der Waals surface area contributed by atoms with E-state index in [1.807, 2.05) is 6.92 Å². The van der Waals surface area contributed by atoms with E-state index in [-0.39, 0.29) is 94.3 Å². The molecule has 0 N–H and O–H groups in total. The summed E-state index contributed by atoms with van der Waals surface area (Å²) in [6.45, 7) is 59.8. The van der Waals surface area contributed by atoms with Crippen LogP contribution in [-0.2, 0) is 49.8 Å². The fraction of sp³-hybridized carbons (Fsp3) is 0.763. The first-order valence-electron chi connectivity index (χ1n) is 23.1. The third kappa shape index (κ3) is 126. The monoisotopic (exact) mass is 1280 g/mol. The Hall–Kier alpha value is 1.99. The molecule has 0 aliphatic heterocycles. The van der Waals surface area contributed by atoms with Crippen LogP contribution < -0.4 is 0 Å². The van der Waals surface area contributed by atoms with Crippen LogP contribution in [0.25, 0.3) is 0 Å². The third-order valence-corrected chi connectivity index (χ3v) is 8.54. The standard InChI is InChI=1S/C10H20.C10H16.C10H22.C7H16.C7H12.C5H12.C4H10.6CH3.4ClH.3Ru/c2*1-8-5-9(2)7-10(3,4)6-8;1-9(2)7-5-6-8-10(3)4;2*1-6(2)5-7(3)4;1-4-5(2)3;1-4(2)3;;;;;;;;;;;;;/h8-9H,5-7H2,1-4H3;5-6H,7H2,1-4H3;9-10H,5-8H2,1-4H3;6-7H,5H2,1-4H3;5H,1H2,2-4H3;5H,4H2,1-3H3;4H,1-3H3;6*1H3;4*1H;;;/q;;;;;;;6*-1;;;;;+2;2*+4/p-4/t8-,9-;;;;;;;;;;;;;;;;;;;/m0.................../s1. The predicted molar refractivity (Wildman–Crippen MR) is 316 cm³/mol. The summed E-state index contributed by atoms with van der Waals surface area (Å²) in [4.78, 5) is 0. The van der Waals surface area contributed by atoms with E-state index in [1.165, 1.54) is 80.9 Å². The van der Waals surface area contributed by atoms with Crippen molar-refractivity contribution in [2.75, 3.05) is 0 Å². The van der Waals surface area contributed by atoms with Crippen molar-refractivity contribution >= 4 is 38.8 Å². The van der Waals surface area contributed by atoms with Crippen molar-refractivity contribution in [1.82, 2.24) is 0 Å². The summed E-state index contributed by atoms with van der Waals surface area (Å²) in [5, 5.41) is 0. The molecule has 1 fully saturated rings. The second-order valence-corrected chi connectivity index (χ2v) is 27.1. The van der Waals surface area contributed by atoms with E-state index < -0.39 is 0 Å². The van der Waals surface area contributed by atoms with Crippen LogP contribution in [-0.4, -0.2) is 0 Å². The first kappa shape index (κ1) is 105. The third-order valence-electron chi connectivity index (χ3n) is 8.54. The van der Waals surface area contributed by atoms with Crippen LogP contribution in [0.4, 0.5) is 0 Å². The minimum Gasteiger partial charge on any atom is 2.00 e. The predicted octanol–water partition coefficient (Wildman–Crippen LogP) is 25.0. The van der Waals surface area contributed by atoms with Gasteiger partial charge in [0.25, 0.3) is 0 Å². The van der Waals surface area contributed by atoms with E-state index in [0.29, 0.717) is 10.8 Å². The summed E-state index contributed by atoms with van der Waals surface area (Å²) in [5.74, 6) is 7.17. The Morgan fingerprint density at radius 1 is 0.652 bits per heavy atom. The molecule has 0 radical (unpaired) electrons.